The van der Waals surface area contributed by atoms with Crippen LogP contribution in [0, 0.1) is 0 Å². The van der Waals surface area contributed by atoms with Crippen molar-refractivity contribution in [2.24, 2.45) is 0 Å². The highest BCUT2D eigenvalue weighted by Gasteiger charge is 1.91. The Balaban J connectivity index is 2.83. The maximum absolute atomic E-state index is 3.70. The summed E-state index contributed by atoms with van der Waals surface area (Å²) in [6.07, 6.45) is 14.3. The fourth-order valence-corrected chi connectivity index (χ4v) is 1.71. The van der Waals surface area contributed by atoms with E-state index in [0.717, 1.165) is 13.0 Å². The van der Waals surface area contributed by atoms with Crippen LogP contribution in [-0.2, 0) is 0 Å². The highest BCUT2D eigenvalue weighted by molar-refractivity contribution is 4.67. The third-order valence-corrected chi connectivity index (χ3v) is 2.73. The van der Waals surface area contributed by atoms with Gasteiger partial charge in [0.15, 0.2) is 0 Å². The molecule has 90 valence electrons. The van der Waals surface area contributed by atoms with Crippen molar-refractivity contribution >= 4 is 0 Å². The molecule has 0 rings (SSSR count). The molecule has 0 spiro atoms. The van der Waals surface area contributed by atoms with Gasteiger partial charge in [-0.2, -0.15) is 0 Å². The van der Waals surface area contributed by atoms with Crippen LogP contribution in [0.2, 0.25) is 0 Å². The largest absolute Gasteiger partial charge is 0.316 e. The highest BCUT2D eigenvalue weighted by Crippen LogP contribution is 2.07. The van der Waals surface area contributed by atoms with Gasteiger partial charge in [-0.05, 0) is 25.9 Å². The number of nitrogens with one attached hydrogen (secondary N) is 1. The monoisotopic (exact) mass is 211 g/mol. The van der Waals surface area contributed by atoms with Crippen molar-refractivity contribution in [2.75, 3.05) is 13.1 Å². The first-order valence-electron chi connectivity index (χ1n) is 6.73. The quantitative estimate of drug-likeness (QED) is 0.375. The molecular formula is C14H29N. The van der Waals surface area contributed by atoms with Crippen molar-refractivity contribution in [1.29, 1.82) is 0 Å². The maximum atomic E-state index is 3.70. The molecule has 0 heterocycles. The Labute approximate surface area is 96.3 Å². The molecule has 0 saturated heterocycles. The van der Waals surface area contributed by atoms with Gasteiger partial charge in [0.25, 0.3) is 0 Å². The average Bonchev–Trinajstić information content (AvgIpc) is 2.26. The zero-order valence-electron chi connectivity index (χ0n) is 10.6. The lowest BCUT2D eigenvalue weighted by Crippen LogP contribution is -2.15. The molecule has 0 aromatic heterocycles. The summed E-state index contributed by atoms with van der Waals surface area (Å²) in [6.45, 7) is 8.26. The predicted molar refractivity (Wildman–Crippen MR) is 70.3 cm³/mol. The smallest absolute Gasteiger partial charge is 0.00144 e. The predicted octanol–water partition coefficient (Wildman–Crippen LogP) is 4.29. The maximum Gasteiger partial charge on any atom is -0.00144 e. The second-order valence-corrected chi connectivity index (χ2v) is 4.30. The Morgan fingerprint density at radius 1 is 0.867 bits per heavy atom. The van der Waals surface area contributed by atoms with Gasteiger partial charge in [-0.15, -0.1) is 6.58 Å². The van der Waals surface area contributed by atoms with Crippen molar-refractivity contribution in [1.82, 2.24) is 5.32 Å². The molecule has 0 saturated carbocycles. The zero-order valence-corrected chi connectivity index (χ0v) is 10.6. The van der Waals surface area contributed by atoms with Gasteiger partial charge in [-0.1, -0.05) is 57.9 Å². The van der Waals surface area contributed by atoms with E-state index in [9.17, 15) is 0 Å². The molecule has 0 atom stereocenters. The second-order valence-electron chi connectivity index (χ2n) is 4.30. The molecular weight excluding hydrogens is 182 g/mol. The minimum absolute atomic E-state index is 1.09. The summed E-state index contributed by atoms with van der Waals surface area (Å²) >= 11 is 0. The van der Waals surface area contributed by atoms with Gasteiger partial charge >= 0.3 is 0 Å². The molecule has 0 radical (unpaired) electrons. The van der Waals surface area contributed by atoms with E-state index in [-0.39, 0.29) is 0 Å². The van der Waals surface area contributed by atoms with Crippen LogP contribution in [0.3, 0.4) is 0 Å². The van der Waals surface area contributed by atoms with Crippen LogP contribution in [0.5, 0.6) is 0 Å². The van der Waals surface area contributed by atoms with Crippen molar-refractivity contribution in [3.8, 4) is 0 Å². The van der Waals surface area contributed by atoms with Gasteiger partial charge in [-0.3, -0.25) is 0 Å². The van der Waals surface area contributed by atoms with Crippen molar-refractivity contribution in [2.45, 2.75) is 64.7 Å². The van der Waals surface area contributed by atoms with Gasteiger partial charge in [-0.25, -0.2) is 0 Å². The second kappa shape index (κ2) is 13.7. The fourth-order valence-electron chi connectivity index (χ4n) is 1.71. The lowest BCUT2D eigenvalue weighted by atomic mass is 10.1. The van der Waals surface area contributed by atoms with Crippen LogP contribution >= 0.6 is 0 Å². The molecule has 0 aliphatic carbocycles. The summed E-state index contributed by atoms with van der Waals surface area (Å²) in [6, 6.07) is 0. The standard InChI is InChI=1S/C14H29N/c1-3-5-7-8-9-10-11-12-14-15-13-6-4-2/h4,15H,2-3,5-14H2,1H3. The highest BCUT2D eigenvalue weighted by atomic mass is 14.8. The van der Waals surface area contributed by atoms with Crippen LogP contribution in [0.4, 0.5) is 0 Å². The summed E-state index contributed by atoms with van der Waals surface area (Å²) < 4.78 is 0. The Morgan fingerprint density at radius 2 is 1.47 bits per heavy atom. The van der Waals surface area contributed by atoms with Crippen molar-refractivity contribution < 1.29 is 0 Å². The Kier molecular flexibility index (Phi) is 13.4. The molecule has 0 unspecified atom stereocenters. The summed E-state index contributed by atoms with van der Waals surface area (Å²) in [5, 5.41) is 3.43. The van der Waals surface area contributed by atoms with Gasteiger partial charge in [0.2, 0.25) is 0 Å². The number of unbranched alkanes of at least 4 members (excludes halogenated alkanes) is 7. The molecule has 0 aromatic rings. The van der Waals surface area contributed by atoms with Crippen LogP contribution in [0.1, 0.15) is 64.7 Å². The minimum atomic E-state index is 1.09. The molecule has 0 fully saturated rings. The molecule has 0 aromatic carbocycles. The third-order valence-electron chi connectivity index (χ3n) is 2.73. The molecule has 15 heavy (non-hydrogen) atoms. The average molecular weight is 211 g/mol. The summed E-state index contributed by atoms with van der Waals surface area (Å²) in [5.74, 6) is 0. The molecule has 1 nitrogen and oxygen atoms in total. The lowest BCUT2D eigenvalue weighted by Gasteiger charge is -2.03. The van der Waals surface area contributed by atoms with E-state index in [1.54, 1.807) is 0 Å². The Morgan fingerprint density at radius 3 is 2.07 bits per heavy atom. The third kappa shape index (κ3) is 13.7. The summed E-state index contributed by atoms with van der Waals surface area (Å²) in [7, 11) is 0. The summed E-state index contributed by atoms with van der Waals surface area (Å²) in [4.78, 5) is 0. The normalized spacial score (nSPS) is 10.5. The van der Waals surface area contributed by atoms with Crippen LogP contribution < -0.4 is 5.32 Å². The molecule has 0 amide bonds. The van der Waals surface area contributed by atoms with Crippen molar-refractivity contribution in [3.63, 3.8) is 0 Å². The first-order chi connectivity index (χ1) is 7.41. The molecule has 0 aliphatic rings. The Bertz CT molecular complexity index is 121. The van der Waals surface area contributed by atoms with E-state index in [4.69, 9.17) is 0 Å². The van der Waals surface area contributed by atoms with Gasteiger partial charge < -0.3 is 5.32 Å². The van der Waals surface area contributed by atoms with Gasteiger partial charge in [0, 0.05) is 0 Å². The van der Waals surface area contributed by atoms with E-state index < -0.39 is 0 Å². The van der Waals surface area contributed by atoms with Gasteiger partial charge in [0.05, 0.1) is 0 Å². The van der Waals surface area contributed by atoms with Crippen LogP contribution in [-0.4, -0.2) is 13.1 Å². The number of hydrogen-bond donors (Lipinski definition) is 1. The van der Waals surface area contributed by atoms with E-state index in [2.05, 4.69) is 18.8 Å². The first kappa shape index (κ1) is 14.7. The van der Waals surface area contributed by atoms with Crippen LogP contribution in [0.15, 0.2) is 12.7 Å². The summed E-state index contributed by atoms with van der Waals surface area (Å²) in [5.41, 5.74) is 0. The van der Waals surface area contributed by atoms with Crippen LogP contribution in [0.25, 0.3) is 0 Å². The molecule has 1 N–H and O–H groups in total. The van der Waals surface area contributed by atoms with E-state index in [0.29, 0.717) is 0 Å². The zero-order chi connectivity index (χ0) is 11.2. The van der Waals surface area contributed by atoms with E-state index in [1.807, 2.05) is 6.08 Å². The lowest BCUT2D eigenvalue weighted by molar-refractivity contribution is 0.557. The molecule has 0 aliphatic heterocycles. The number of hydrogen-bond acceptors (Lipinski definition) is 1. The van der Waals surface area contributed by atoms with Crippen molar-refractivity contribution in [3.05, 3.63) is 12.7 Å². The minimum Gasteiger partial charge on any atom is -0.316 e. The SMILES string of the molecule is C=CCCNCCCCCCCCCC. The molecule has 0 bridgehead atoms. The van der Waals surface area contributed by atoms with E-state index in [1.165, 1.54) is 57.9 Å². The fraction of sp³-hybridized carbons (Fsp3) is 0.857. The van der Waals surface area contributed by atoms with Gasteiger partial charge in [0.1, 0.15) is 0 Å². The number of rotatable bonds is 12. The van der Waals surface area contributed by atoms with E-state index >= 15 is 0 Å². The topological polar surface area (TPSA) is 12.0 Å². The Hall–Kier alpha value is -0.300. The molecule has 1 heteroatoms. The first-order valence-corrected chi connectivity index (χ1v) is 6.73.